The minimum absolute atomic E-state index is 0.165. The van der Waals surface area contributed by atoms with Crippen LogP contribution in [0, 0.1) is 24.0 Å². The number of rotatable bonds is 5. The number of benzene rings is 1. The molecule has 0 radical (unpaired) electrons. The van der Waals surface area contributed by atoms with Gasteiger partial charge in [-0.05, 0) is 13.0 Å². The largest absolute Gasteiger partial charge is 0.478 e. The van der Waals surface area contributed by atoms with Crippen molar-refractivity contribution in [1.82, 2.24) is 10.1 Å². The smallest absolute Gasteiger partial charge is 0.336 e. The zero-order valence-corrected chi connectivity index (χ0v) is 11.3. The maximum Gasteiger partial charge on any atom is 0.336 e. The quantitative estimate of drug-likeness (QED) is 0.630. The zero-order chi connectivity index (χ0) is 15.6. The van der Waals surface area contributed by atoms with E-state index >= 15 is 0 Å². The Labute approximate surface area is 118 Å². The van der Waals surface area contributed by atoms with E-state index in [1.165, 1.54) is 13.0 Å². The molecule has 0 amide bonds. The van der Waals surface area contributed by atoms with E-state index in [0.29, 0.717) is 23.0 Å². The van der Waals surface area contributed by atoms with E-state index < -0.39 is 10.9 Å². The number of aryl methyl sites for hydroxylation is 1. The van der Waals surface area contributed by atoms with Crippen LogP contribution in [-0.2, 0) is 6.54 Å². The SMILES string of the molecule is Cc1nc(CNc2cc(C(=O)O)cc([N+](=O)[O-])c2C)no1. The number of hydrogen-bond donors (Lipinski definition) is 2. The molecule has 0 aliphatic carbocycles. The second-order valence-corrected chi connectivity index (χ2v) is 4.31. The van der Waals surface area contributed by atoms with Crippen LogP contribution in [-0.4, -0.2) is 26.1 Å². The molecule has 0 saturated carbocycles. The summed E-state index contributed by atoms with van der Waals surface area (Å²) in [5.74, 6) is -0.472. The van der Waals surface area contributed by atoms with Gasteiger partial charge in [-0.1, -0.05) is 5.16 Å². The lowest BCUT2D eigenvalue weighted by Crippen LogP contribution is -2.07. The van der Waals surface area contributed by atoms with Gasteiger partial charge in [-0.25, -0.2) is 4.79 Å². The number of carboxylic acids is 1. The summed E-state index contributed by atoms with van der Waals surface area (Å²) >= 11 is 0. The Bertz CT molecular complexity index is 710. The van der Waals surface area contributed by atoms with Crippen molar-refractivity contribution >= 4 is 17.3 Å². The maximum absolute atomic E-state index is 11.0. The number of carbonyl (C=O) groups is 1. The van der Waals surface area contributed by atoms with Gasteiger partial charge >= 0.3 is 5.97 Å². The van der Waals surface area contributed by atoms with Gasteiger partial charge in [-0.3, -0.25) is 10.1 Å². The third-order valence-electron chi connectivity index (χ3n) is 2.83. The molecule has 0 aliphatic rings. The Morgan fingerprint density at radius 2 is 2.19 bits per heavy atom. The standard InChI is InChI=1S/C12H12N4O5/c1-6-9(13-5-11-14-7(2)21-15-11)3-8(12(17)18)4-10(6)16(19)20/h3-4,13H,5H2,1-2H3,(H,17,18). The molecule has 2 rings (SSSR count). The van der Waals surface area contributed by atoms with Crippen molar-refractivity contribution in [2.24, 2.45) is 0 Å². The first-order chi connectivity index (χ1) is 9.88. The van der Waals surface area contributed by atoms with Crippen LogP contribution in [0.25, 0.3) is 0 Å². The summed E-state index contributed by atoms with van der Waals surface area (Å²) in [4.78, 5) is 25.4. The topological polar surface area (TPSA) is 131 Å². The first kappa shape index (κ1) is 14.4. The highest BCUT2D eigenvalue weighted by Crippen LogP contribution is 2.28. The van der Waals surface area contributed by atoms with Crippen LogP contribution in [0.2, 0.25) is 0 Å². The summed E-state index contributed by atoms with van der Waals surface area (Å²) in [5, 5.41) is 26.5. The number of nitrogens with one attached hydrogen (secondary N) is 1. The molecule has 9 nitrogen and oxygen atoms in total. The third-order valence-corrected chi connectivity index (χ3v) is 2.83. The summed E-state index contributed by atoms with van der Waals surface area (Å²) in [6.07, 6.45) is 0. The van der Waals surface area contributed by atoms with Crippen molar-refractivity contribution in [2.75, 3.05) is 5.32 Å². The monoisotopic (exact) mass is 292 g/mol. The third kappa shape index (κ3) is 3.14. The molecule has 21 heavy (non-hydrogen) atoms. The first-order valence-electron chi connectivity index (χ1n) is 5.94. The first-order valence-corrected chi connectivity index (χ1v) is 5.94. The molecule has 0 aliphatic heterocycles. The molecule has 1 aromatic heterocycles. The van der Waals surface area contributed by atoms with Gasteiger partial charge in [0.05, 0.1) is 17.0 Å². The van der Waals surface area contributed by atoms with Crippen molar-refractivity contribution in [2.45, 2.75) is 20.4 Å². The van der Waals surface area contributed by atoms with E-state index in [1.54, 1.807) is 6.92 Å². The van der Waals surface area contributed by atoms with Crippen LogP contribution >= 0.6 is 0 Å². The van der Waals surface area contributed by atoms with Crippen LogP contribution in [0.1, 0.15) is 27.6 Å². The normalized spacial score (nSPS) is 10.4. The van der Waals surface area contributed by atoms with Crippen LogP contribution in [0.5, 0.6) is 0 Å². The Kier molecular flexibility index (Phi) is 3.83. The summed E-state index contributed by atoms with van der Waals surface area (Å²) in [6.45, 7) is 3.34. The molecule has 0 bridgehead atoms. The lowest BCUT2D eigenvalue weighted by atomic mass is 10.1. The van der Waals surface area contributed by atoms with Crippen molar-refractivity contribution in [3.8, 4) is 0 Å². The number of nitro benzene ring substituents is 1. The van der Waals surface area contributed by atoms with E-state index in [0.717, 1.165) is 6.07 Å². The molecule has 0 saturated heterocycles. The van der Waals surface area contributed by atoms with Crippen molar-refractivity contribution in [3.05, 3.63) is 45.1 Å². The lowest BCUT2D eigenvalue weighted by Gasteiger charge is -2.09. The number of aromatic carboxylic acids is 1. The van der Waals surface area contributed by atoms with Gasteiger partial charge in [-0.2, -0.15) is 4.98 Å². The molecule has 9 heteroatoms. The zero-order valence-electron chi connectivity index (χ0n) is 11.3. The van der Waals surface area contributed by atoms with Gasteiger partial charge in [0.2, 0.25) is 5.89 Å². The Morgan fingerprint density at radius 3 is 2.71 bits per heavy atom. The molecular weight excluding hydrogens is 280 g/mol. The van der Waals surface area contributed by atoms with E-state index in [2.05, 4.69) is 15.5 Å². The maximum atomic E-state index is 11.0. The molecule has 0 fully saturated rings. The van der Waals surface area contributed by atoms with Gasteiger partial charge < -0.3 is 14.9 Å². The summed E-state index contributed by atoms with van der Waals surface area (Å²) in [6, 6.07) is 2.36. The fourth-order valence-corrected chi connectivity index (χ4v) is 1.78. The average molecular weight is 292 g/mol. The van der Waals surface area contributed by atoms with Crippen molar-refractivity contribution in [3.63, 3.8) is 0 Å². The highest BCUT2D eigenvalue weighted by atomic mass is 16.6. The van der Waals surface area contributed by atoms with Crippen LogP contribution in [0.15, 0.2) is 16.7 Å². The molecule has 110 valence electrons. The van der Waals surface area contributed by atoms with Crippen molar-refractivity contribution in [1.29, 1.82) is 0 Å². The predicted octanol–water partition coefficient (Wildman–Crippen LogP) is 1.90. The molecule has 2 N–H and O–H groups in total. The molecule has 0 unspecified atom stereocenters. The second-order valence-electron chi connectivity index (χ2n) is 4.31. The van der Waals surface area contributed by atoms with Crippen LogP contribution in [0.3, 0.4) is 0 Å². The fourth-order valence-electron chi connectivity index (χ4n) is 1.78. The molecule has 0 atom stereocenters. The lowest BCUT2D eigenvalue weighted by molar-refractivity contribution is -0.385. The summed E-state index contributed by atoms with van der Waals surface area (Å²) in [7, 11) is 0. The van der Waals surface area contributed by atoms with Crippen molar-refractivity contribution < 1.29 is 19.3 Å². The number of aromatic nitrogens is 2. The Balaban J connectivity index is 2.32. The van der Waals surface area contributed by atoms with Gasteiger partial charge in [0.25, 0.3) is 5.69 Å². The Hall–Kier alpha value is -2.97. The number of hydrogen-bond acceptors (Lipinski definition) is 7. The van der Waals surface area contributed by atoms with Gasteiger partial charge in [-0.15, -0.1) is 0 Å². The summed E-state index contributed by atoms with van der Waals surface area (Å²) < 4.78 is 4.80. The average Bonchev–Trinajstić information content (AvgIpc) is 2.82. The molecule has 0 spiro atoms. The predicted molar refractivity (Wildman–Crippen MR) is 71.2 cm³/mol. The number of carboxylic acid groups (broad SMARTS) is 1. The van der Waals surface area contributed by atoms with E-state index in [4.69, 9.17) is 9.63 Å². The molecule has 1 heterocycles. The minimum atomic E-state index is -1.24. The highest BCUT2D eigenvalue weighted by Gasteiger charge is 2.19. The van der Waals surface area contributed by atoms with Crippen LogP contribution in [0.4, 0.5) is 11.4 Å². The van der Waals surface area contributed by atoms with E-state index in [9.17, 15) is 14.9 Å². The summed E-state index contributed by atoms with van der Waals surface area (Å²) in [5.41, 5.74) is 0.245. The number of nitro groups is 1. The number of nitrogens with zero attached hydrogens (tertiary/aromatic N) is 3. The van der Waals surface area contributed by atoms with E-state index in [-0.39, 0.29) is 17.8 Å². The minimum Gasteiger partial charge on any atom is -0.478 e. The molecule has 1 aromatic carbocycles. The molecule has 2 aromatic rings. The Morgan fingerprint density at radius 1 is 1.48 bits per heavy atom. The van der Waals surface area contributed by atoms with Gasteiger partial charge in [0.15, 0.2) is 5.82 Å². The van der Waals surface area contributed by atoms with Gasteiger partial charge in [0.1, 0.15) is 0 Å². The van der Waals surface area contributed by atoms with Gasteiger partial charge in [0, 0.05) is 24.2 Å². The number of anilines is 1. The molecular formula is C12H12N4O5. The fraction of sp³-hybridized carbons (Fsp3) is 0.250. The van der Waals surface area contributed by atoms with E-state index in [1.807, 2.05) is 0 Å². The van der Waals surface area contributed by atoms with Crippen LogP contribution < -0.4 is 5.32 Å². The highest BCUT2D eigenvalue weighted by molar-refractivity contribution is 5.90. The second kappa shape index (κ2) is 5.57.